The molecule has 4 rings (SSSR count). The number of nitrogens with one attached hydrogen (secondary N) is 2. The SMILES string of the molecule is CCc1cccc(C)c1-n1c(CNC(=O)c2ccc(OC)cc2)nnc1SCC(=O)Nc1ccc(OC)cc1. The van der Waals surface area contributed by atoms with E-state index < -0.39 is 0 Å². The van der Waals surface area contributed by atoms with E-state index in [2.05, 4.69) is 33.8 Å². The second-order valence-electron chi connectivity index (χ2n) is 8.65. The second-order valence-corrected chi connectivity index (χ2v) is 9.59. The number of hydrogen-bond donors (Lipinski definition) is 2. The summed E-state index contributed by atoms with van der Waals surface area (Å²) in [4.78, 5) is 25.5. The predicted molar refractivity (Wildman–Crippen MR) is 152 cm³/mol. The second kappa shape index (κ2) is 13.0. The van der Waals surface area contributed by atoms with E-state index in [1.807, 2.05) is 23.6 Å². The molecule has 0 aliphatic heterocycles. The van der Waals surface area contributed by atoms with Gasteiger partial charge in [-0.2, -0.15) is 0 Å². The fourth-order valence-corrected chi connectivity index (χ4v) is 4.82. The van der Waals surface area contributed by atoms with Crippen molar-refractivity contribution in [3.63, 3.8) is 0 Å². The third-order valence-electron chi connectivity index (χ3n) is 6.09. The smallest absolute Gasteiger partial charge is 0.251 e. The summed E-state index contributed by atoms with van der Waals surface area (Å²) >= 11 is 1.29. The minimum Gasteiger partial charge on any atom is -0.497 e. The van der Waals surface area contributed by atoms with Gasteiger partial charge in [0.2, 0.25) is 5.91 Å². The number of thioether (sulfide) groups is 1. The lowest BCUT2D eigenvalue weighted by atomic mass is 10.1. The van der Waals surface area contributed by atoms with Gasteiger partial charge in [0.15, 0.2) is 11.0 Å². The molecule has 202 valence electrons. The molecule has 0 fully saturated rings. The van der Waals surface area contributed by atoms with Gasteiger partial charge >= 0.3 is 0 Å². The van der Waals surface area contributed by atoms with Crippen molar-refractivity contribution in [3.8, 4) is 17.2 Å². The van der Waals surface area contributed by atoms with E-state index in [4.69, 9.17) is 9.47 Å². The Morgan fingerprint density at radius 1 is 0.923 bits per heavy atom. The number of carbonyl (C=O) groups excluding carboxylic acids is 2. The van der Waals surface area contributed by atoms with Gasteiger partial charge in [0.05, 0.1) is 32.2 Å². The number of aryl methyl sites for hydroxylation is 2. The summed E-state index contributed by atoms with van der Waals surface area (Å²) in [6.45, 7) is 4.27. The summed E-state index contributed by atoms with van der Waals surface area (Å²) in [5.74, 6) is 1.69. The lowest BCUT2D eigenvalue weighted by molar-refractivity contribution is -0.113. The summed E-state index contributed by atoms with van der Waals surface area (Å²) in [7, 11) is 3.17. The standard InChI is InChI=1S/C29H31N5O4S/c1-5-20-8-6-7-19(2)27(20)34-25(17-30-28(36)21-9-13-23(37-3)14-10-21)32-33-29(34)39-18-26(35)31-22-11-15-24(38-4)16-12-22/h6-16H,5,17-18H2,1-4H3,(H,30,36)(H,31,35). The maximum absolute atomic E-state index is 12.8. The Hall–Kier alpha value is -4.31. The fraction of sp³-hybridized carbons (Fsp3) is 0.241. The first-order chi connectivity index (χ1) is 18.9. The molecule has 0 saturated heterocycles. The van der Waals surface area contributed by atoms with Crippen LogP contribution in [0.3, 0.4) is 0 Å². The maximum atomic E-state index is 12.8. The maximum Gasteiger partial charge on any atom is 0.251 e. The van der Waals surface area contributed by atoms with Crippen molar-refractivity contribution < 1.29 is 19.1 Å². The van der Waals surface area contributed by atoms with Gasteiger partial charge < -0.3 is 20.1 Å². The van der Waals surface area contributed by atoms with Crippen molar-refractivity contribution in [1.29, 1.82) is 0 Å². The van der Waals surface area contributed by atoms with Crippen molar-refractivity contribution in [2.45, 2.75) is 32.0 Å². The molecule has 9 nitrogen and oxygen atoms in total. The third kappa shape index (κ3) is 6.77. The molecule has 10 heteroatoms. The average Bonchev–Trinajstić information content (AvgIpc) is 3.37. The van der Waals surface area contributed by atoms with Crippen LogP contribution in [-0.4, -0.2) is 46.6 Å². The molecule has 4 aromatic rings. The number of para-hydroxylation sites is 1. The zero-order valence-electron chi connectivity index (χ0n) is 22.4. The molecule has 3 aromatic carbocycles. The Kier molecular flexibility index (Phi) is 9.22. The van der Waals surface area contributed by atoms with E-state index >= 15 is 0 Å². The summed E-state index contributed by atoms with van der Waals surface area (Å²) in [5.41, 5.74) is 4.30. The third-order valence-corrected chi connectivity index (χ3v) is 7.02. The van der Waals surface area contributed by atoms with Crippen LogP contribution in [-0.2, 0) is 17.8 Å². The van der Waals surface area contributed by atoms with Crippen molar-refractivity contribution in [2.24, 2.45) is 0 Å². The molecule has 0 aliphatic carbocycles. The highest BCUT2D eigenvalue weighted by Crippen LogP contribution is 2.28. The van der Waals surface area contributed by atoms with Crippen LogP contribution in [0.1, 0.15) is 34.2 Å². The van der Waals surface area contributed by atoms with Crippen LogP contribution in [0.2, 0.25) is 0 Å². The van der Waals surface area contributed by atoms with E-state index in [9.17, 15) is 9.59 Å². The molecular weight excluding hydrogens is 514 g/mol. The number of anilines is 1. The number of aromatic nitrogens is 3. The Morgan fingerprint density at radius 3 is 2.23 bits per heavy atom. The molecule has 2 N–H and O–H groups in total. The molecule has 2 amide bonds. The van der Waals surface area contributed by atoms with Crippen molar-refractivity contribution >= 4 is 29.3 Å². The van der Waals surface area contributed by atoms with E-state index in [-0.39, 0.29) is 24.1 Å². The van der Waals surface area contributed by atoms with Crippen LogP contribution >= 0.6 is 11.8 Å². The number of ether oxygens (including phenoxy) is 2. The Balaban J connectivity index is 1.55. The molecule has 0 bridgehead atoms. The minimum atomic E-state index is -0.235. The quantitative estimate of drug-likeness (QED) is 0.260. The van der Waals surface area contributed by atoms with Crippen LogP contribution in [0.4, 0.5) is 5.69 Å². The molecule has 0 unspecified atom stereocenters. The monoisotopic (exact) mass is 545 g/mol. The molecule has 0 radical (unpaired) electrons. The lowest BCUT2D eigenvalue weighted by Crippen LogP contribution is -2.25. The predicted octanol–water partition coefficient (Wildman–Crippen LogP) is 4.82. The van der Waals surface area contributed by atoms with Gasteiger partial charge in [-0.3, -0.25) is 14.2 Å². The molecule has 1 aromatic heterocycles. The number of nitrogens with zero attached hydrogens (tertiary/aromatic N) is 3. The van der Waals surface area contributed by atoms with Crippen molar-refractivity contribution in [2.75, 3.05) is 25.3 Å². The number of hydrogen-bond acceptors (Lipinski definition) is 7. The summed E-state index contributed by atoms with van der Waals surface area (Å²) < 4.78 is 12.3. The topological polar surface area (TPSA) is 107 Å². The lowest BCUT2D eigenvalue weighted by Gasteiger charge is -2.17. The normalized spacial score (nSPS) is 10.7. The number of carbonyl (C=O) groups is 2. The molecule has 0 atom stereocenters. The molecular formula is C29H31N5O4S. The summed E-state index contributed by atoms with van der Waals surface area (Å²) in [6.07, 6.45) is 0.800. The van der Waals surface area contributed by atoms with Gasteiger partial charge in [-0.05, 0) is 73.0 Å². The van der Waals surface area contributed by atoms with Gasteiger partial charge in [-0.1, -0.05) is 36.9 Å². The summed E-state index contributed by atoms with van der Waals surface area (Å²) in [5, 5.41) is 15.2. The molecule has 1 heterocycles. The van der Waals surface area contributed by atoms with E-state index in [0.717, 1.165) is 23.2 Å². The number of amides is 2. The molecule has 0 spiro atoms. The molecule has 39 heavy (non-hydrogen) atoms. The zero-order chi connectivity index (χ0) is 27.8. The van der Waals surface area contributed by atoms with E-state index in [1.165, 1.54) is 11.8 Å². The first-order valence-corrected chi connectivity index (χ1v) is 13.4. The van der Waals surface area contributed by atoms with Gasteiger partial charge in [-0.25, -0.2) is 0 Å². The summed E-state index contributed by atoms with van der Waals surface area (Å²) in [6, 6.07) is 20.1. The van der Waals surface area contributed by atoms with Crippen LogP contribution in [0.15, 0.2) is 71.9 Å². The van der Waals surface area contributed by atoms with Crippen LogP contribution in [0.25, 0.3) is 5.69 Å². The van der Waals surface area contributed by atoms with Gasteiger partial charge in [0.1, 0.15) is 11.5 Å². The van der Waals surface area contributed by atoms with Crippen molar-refractivity contribution in [3.05, 3.63) is 89.2 Å². The zero-order valence-corrected chi connectivity index (χ0v) is 23.2. The first-order valence-electron chi connectivity index (χ1n) is 12.5. The average molecular weight is 546 g/mol. The van der Waals surface area contributed by atoms with E-state index in [0.29, 0.717) is 33.7 Å². The highest BCUT2D eigenvalue weighted by molar-refractivity contribution is 7.99. The largest absolute Gasteiger partial charge is 0.497 e. The van der Waals surface area contributed by atoms with Crippen LogP contribution < -0.4 is 20.1 Å². The number of benzene rings is 3. The van der Waals surface area contributed by atoms with Crippen LogP contribution in [0.5, 0.6) is 11.5 Å². The number of rotatable bonds is 11. The first kappa shape index (κ1) is 27.7. The highest BCUT2D eigenvalue weighted by atomic mass is 32.2. The van der Waals surface area contributed by atoms with Crippen LogP contribution in [0, 0.1) is 6.92 Å². The van der Waals surface area contributed by atoms with E-state index in [1.54, 1.807) is 62.8 Å². The Bertz CT molecular complexity index is 1440. The van der Waals surface area contributed by atoms with Gasteiger partial charge in [0, 0.05) is 11.3 Å². The Morgan fingerprint density at radius 2 is 1.59 bits per heavy atom. The highest BCUT2D eigenvalue weighted by Gasteiger charge is 2.20. The van der Waals surface area contributed by atoms with Gasteiger partial charge in [-0.15, -0.1) is 10.2 Å². The molecule has 0 saturated carbocycles. The fourth-order valence-electron chi connectivity index (χ4n) is 4.06. The van der Waals surface area contributed by atoms with Gasteiger partial charge in [0.25, 0.3) is 5.91 Å². The Labute approximate surface area is 231 Å². The molecule has 0 aliphatic rings. The number of methoxy groups -OCH3 is 2. The minimum absolute atomic E-state index is 0.135. The van der Waals surface area contributed by atoms with Crippen molar-refractivity contribution in [1.82, 2.24) is 20.1 Å².